The van der Waals surface area contributed by atoms with Gasteiger partial charge in [0.1, 0.15) is 0 Å². The van der Waals surface area contributed by atoms with Crippen LogP contribution in [0.3, 0.4) is 0 Å². The number of likely N-dealkylation sites (tertiary alicyclic amines) is 1. The molecule has 0 unspecified atom stereocenters. The lowest BCUT2D eigenvalue weighted by molar-refractivity contribution is 0.0793. The first-order valence-corrected chi connectivity index (χ1v) is 7.14. The largest absolute Gasteiger partial charge is 0.383 e. The van der Waals surface area contributed by atoms with Crippen molar-refractivity contribution < 1.29 is 14.3 Å². The van der Waals surface area contributed by atoms with Gasteiger partial charge in [-0.1, -0.05) is 6.07 Å². The lowest BCUT2D eigenvalue weighted by Gasteiger charge is -2.16. The van der Waals surface area contributed by atoms with Crippen molar-refractivity contribution >= 4 is 17.6 Å². The van der Waals surface area contributed by atoms with Crippen molar-refractivity contribution in [3.05, 3.63) is 29.8 Å². The summed E-state index contributed by atoms with van der Waals surface area (Å²) in [5.74, 6) is 0.0240. The van der Waals surface area contributed by atoms with E-state index >= 15 is 0 Å². The molecule has 1 saturated heterocycles. The van der Waals surface area contributed by atoms with E-state index in [1.807, 2.05) is 4.90 Å². The van der Waals surface area contributed by atoms with E-state index in [9.17, 15) is 9.59 Å². The van der Waals surface area contributed by atoms with E-state index in [0.29, 0.717) is 24.4 Å². The Labute approximate surface area is 124 Å². The van der Waals surface area contributed by atoms with Crippen LogP contribution < -0.4 is 10.6 Å². The summed E-state index contributed by atoms with van der Waals surface area (Å²) in [7, 11) is 1.58. The number of amides is 3. The molecule has 2 rings (SSSR count). The third-order valence-corrected chi connectivity index (χ3v) is 3.35. The summed E-state index contributed by atoms with van der Waals surface area (Å²) in [6, 6.07) is 6.70. The maximum atomic E-state index is 12.3. The van der Waals surface area contributed by atoms with E-state index in [2.05, 4.69) is 10.6 Å². The summed E-state index contributed by atoms with van der Waals surface area (Å²) in [6.07, 6.45) is 2.12. The van der Waals surface area contributed by atoms with Crippen molar-refractivity contribution in [2.75, 3.05) is 38.7 Å². The zero-order valence-electron chi connectivity index (χ0n) is 12.2. The first-order valence-electron chi connectivity index (χ1n) is 7.14. The van der Waals surface area contributed by atoms with Gasteiger partial charge in [0.25, 0.3) is 5.91 Å². The van der Waals surface area contributed by atoms with Crippen molar-refractivity contribution in [2.45, 2.75) is 12.8 Å². The molecule has 0 aromatic heterocycles. The minimum atomic E-state index is -0.308. The van der Waals surface area contributed by atoms with E-state index in [0.717, 1.165) is 25.9 Å². The number of ether oxygens (including phenoxy) is 1. The van der Waals surface area contributed by atoms with E-state index in [1.165, 1.54) is 0 Å². The van der Waals surface area contributed by atoms with Gasteiger partial charge in [-0.15, -0.1) is 0 Å². The summed E-state index contributed by atoms with van der Waals surface area (Å²) in [6.45, 7) is 2.53. The van der Waals surface area contributed by atoms with Crippen LogP contribution in [0.15, 0.2) is 24.3 Å². The molecule has 0 bridgehead atoms. The molecule has 0 spiro atoms. The molecular formula is C15H21N3O3. The van der Waals surface area contributed by atoms with Gasteiger partial charge in [0.2, 0.25) is 0 Å². The molecular weight excluding hydrogens is 270 g/mol. The molecule has 1 fully saturated rings. The standard InChI is InChI=1S/C15H21N3O3/c1-21-10-7-16-15(20)17-13-6-4-5-12(11-13)14(19)18-8-2-3-9-18/h4-6,11H,2-3,7-10H2,1H3,(H2,16,17,20). The van der Waals surface area contributed by atoms with Crippen molar-refractivity contribution in [3.8, 4) is 0 Å². The predicted octanol–water partition coefficient (Wildman–Crippen LogP) is 1.69. The lowest BCUT2D eigenvalue weighted by Crippen LogP contribution is -2.31. The Morgan fingerprint density at radius 1 is 1.29 bits per heavy atom. The maximum absolute atomic E-state index is 12.3. The fraction of sp³-hybridized carbons (Fsp3) is 0.467. The Kier molecular flexibility index (Phi) is 5.57. The molecule has 1 aliphatic heterocycles. The third-order valence-electron chi connectivity index (χ3n) is 3.35. The highest BCUT2D eigenvalue weighted by Gasteiger charge is 2.19. The molecule has 1 aromatic rings. The number of carbonyl (C=O) groups excluding carboxylic acids is 2. The van der Waals surface area contributed by atoms with Gasteiger partial charge in [-0.3, -0.25) is 4.79 Å². The Hall–Kier alpha value is -2.08. The van der Waals surface area contributed by atoms with Gasteiger partial charge in [-0.25, -0.2) is 4.79 Å². The lowest BCUT2D eigenvalue weighted by atomic mass is 10.2. The van der Waals surface area contributed by atoms with Crippen molar-refractivity contribution in [1.82, 2.24) is 10.2 Å². The van der Waals surface area contributed by atoms with Gasteiger partial charge >= 0.3 is 6.03 Å². The highest BCUT2D eigenvalue weighted by atomic mass is 16.5. The van der Waals surface area contributed by atoms with Crippen LogP contribution >= 0.6 is 0 Å². The Balaban J connectivity index is 1.94. The molecule has 0 radical (unpaired) electrons. The summed E-state index contributed by atoms with van der Waals surface area (Å²) < 4.78 is 4.86. The van der Waals surface area contributed by atoms with Crippen molar-refractivity contribution in [3.63, 3.8) is 0 Å². The second-order valence-corrected chi connectivity index (χ2v) is 4.95. The fourth-order valence-corrected chi connectivity index (χ4v) is 2.27. The number of methoxy groups -OCH3 is 1. The van der Waals surface area contributed by atoms with Gasteiger partial charge in [0, 0.05) is 38.0 Å². The number of hydrogen-bond donors (Lipinski definition) is 2. The second-order valence-electron chi connectivity index (χ2n) is 4.95. The summed E-state index contributed by atoms with van der Waals surface area (Å²) in [5, 5.41) is 5.38. The van der Waals surface area contributed by atoms with E-state index in [1.54, 1.807) is 31.4 Å². The average Bonchev–Trinajstić information content (AvgIpc) is 3.01. The highest BCUT2D eigenvalue weighted by Crippen LogP contribution is 2.16. The van der Waals surface area contributed by atoms with Crippen LogP contribution in [-0.4, -0.2) is 50.2 Å². The van der Waals surface area contributed by atoms with Crippen LogP contribution in [0.25, 0.3) is 0 Å². The zero-order valence-corrected chi connectivity index (χ0v) is 12.2. The molecule has 1 heterocycles. The van der Waals surface area contributed by atoms with Crippen LogP contribution in [0, 0.1) is 0 Å². The van der Waals surface area contributed by atoms with Gasteiger partial charge in [-0.05, 0) is 31.0 Å². The average molecular weight is 291 g/mol. The van der Waals surface area contributed by atoms with Crippen LogP contribution in [0.5, 0.6) is 0 Å². The van der Waals surface area contributed by atoms with E-state index in [-0.39, 0.29) is 11.9 Å². The van der Waals surface area contributed by atoms with Crippen LogP contribution in [0.2, 0.25) is 0 Å². The number of urea groups is 1. The molecule has 21 heavy (non-hydrogen) atoms. The van der Waals surface area contributed by atoms with Gasteiger partial charge in [-0.2, -0.15) is 0 Å². The number of carbonyl (C=O) groups is 2. The smallest absolute Gasteiger partial charge is 0.319 e. The van der Waals surface area contributed by atoms with Crippen LogP contribution in [0.4, 0.5) is 10.5 Å². The molecule has 0 atom stereocenters. The second kappa shape index (κ2) is 7.64. The summed E-state index contributed by atoms with van der Waals surface area (Å²) in [4.78, 5) is 25.8. The van der Waals surface area contributed by atoms with Crippen molar-refractivity contribution in [2.24, 2.45) is 0 Å². The molecule has 6 nitrogen and oxygen atoms in total. The first kappa shape index (κ1) is 15.3. The number of hydrogen-bond acceptors (Lipinski definition) is 3. The number of rotatable bonds is 5. The molecule has 6 heteroatoms. The number of anilines is 1. The normalized spacial score (nSPS) is 14.0. The van der Waals surface area contributed by atoms with Crippen LogP contribution in [0.1, 0.15) is 23.2 Å². The molecule has 3 amide bonds. The van der Waals surface area contributed by atoms with E-state index in [4.69, 9.17) is 4.74 Å². The Bertz CT molecular complexity index is 499. The zero-order chi connectivity index (χ0) is 15.1. The third kappa shape index (κ3) is 4.46. The summed E-state index contributed by atoms with van der Waals surface area (Å²) in [5.41, 5.74) is 1.21. The predicted molar refractivity (Wildman–Crippen MR) is 80.5 cm³/mol. The summed E-state index contributed by atoms with van der Waals surface area (Å²) >= 11 is 0. The fourth-order valence-electron chi connectivity index (χ4n) is 2.27. The molecule has 0 saturated carbocycles. The number of nitrogens with one attached hydrogen (secondary N) is 2. The highest BCUT2D eigenvalue weighted by molar-refractivity contribution is 5.97. The first-order chi connectivity index (χ1) is 10.2. The quantitative estimate of drug-likeness (QED) is 0.811. The van der Waals surface area contributed by atoms with Crippen LogP contribution in [-0.2, 0) is 4.74 Å². The maximum Gasteiger partial charge on any atom is 0.319 e. The van der Waals surface area contributed by atoms with Gasteiger partial charge in [0.15, 0.2) is 0 Å². The number of benzene rings is 1. The minimum absolute atomic E-state index is 0.0240. The topological polar surface area (TPSA) is 70.7 Å². The van der Waals surface area contributed by atoms with Gasteiger partial charge in [0.05, 0.1) is 6.61 Å². The van der Waals surface area contributed by atoms with Crippen molar-refractivity contribution in [1.29, 1.82) is 0 Å². The molecule has 0 aliphatic carbocycles. The minimum Gasteiger partial charge on any atom is -0.383 e. The SMILES string of the molecule is COCCNC(=O)Nc1cccc(C(=O)N2CCCC2)c1. The Morgan fingerprint density at radius 3 is 2.76 bits per heavy atom. The van der Waals surface area contributed by atoms with Gasteiger partial charge < -0.3 is 20.3 Å². The molecule has 1 aromatic carbocycles. The molecule has 114 valence electrons. The monoisotopic (exact) mass is 291 g/mol. The number of nitrogens with zero attached hydrogens (tertiary/aromatic N) is 1. The molecule has 1 aliphatic rings. The Morgan fingerprint density at radius 2 is 2.05 bits per heavy atom. The van der Waals surface area contributed by atoms with E-state index < -0.39 is 0 Å². The molecule has 2 N–H and O–H groups in total.